The topological polar surface area (TPSA) is 79.0 Å². The van der Waals surface area contributed by atoms with Crippen molar-refractivity contribution in [2.45, 2.75) is 25.9 Å². The first kappa shape index (κ1) is 23.9. The highest BCUT2D eigenvalue weighted by molar-refractivity contribution is 7.92. The molecule has 1 atom stereocenters. The zero-order valence-corrected chi connectivity index (χ0v) is 18.9. The van der Waals surface area contributed by atoms with Gasteiger partial charge in [-0.05, 0) is 42.3 Å². The van der Waals surface area contributed by atoms with E-state index >= 15 is 0 Å². The third-order valence-electron chi connectivity index (χ3n) is 5.05. The molecule has 32 heavy (non-hydrogen) atoms. The lowest BCUT2D eigenvalue weighted by atomic mass is 9.97. The number of hydrogen-bond acceptors (Lipinski definition) is 3. The molecular weight excluding hydrogens is 465 g/mol. The number of halogens is 4. The second kappa shape index (κ2) is 8.63. The van der Waals surface area contributed by atoms with Crippen LogP contribution in [0.4, 0.5) is 18.9 Å². The molecule has 2 aromatic carbocycles. The van der Waals surface area contributed by atoms with Crippen LogP contribution in [-0.2, 0) is 16.2 Å². The standard InChI is InChI=1S/C22H20ClF3N2O3S/c1-12(14-6-10-17(11-7-14)28-32(3,30)31)19-18(23)13(2)20(27-19)21(29)15-4-8-16(9-5-15)22(24,25)26/h4-12,27-28H,1-3H3. The van der Waals surface area contributed by atoms with Gasteiger partial charge in [-0.2, -0.15) is 13.2 Å². The summed E-state index contributed by atoms with van der Waals surface area (Å²) in [5.41, 5.74) is 1.77. The van der Waals surface area contributed by atoms with E-state index in [-0.39, 0.29) is 17.2 Å². The summed E-state index contributed by atoms with van der Waals surface area (Å²) >= 11 is 6.47. The van der Waals surface area contributed by atoms with E-state index in [0.717, 1.165) is 36.1 Å². The van der Waals surface area contributed by atoms with Crippen LogP contribution in [-0.4, -0.2) is 25.4 Å². The summed E-state index contributed by atoms with van der Waals surface area (Å²) in [7, 11) is -3.40. The first-order chi connectivity index (χ1) is 14.8. The van der Waals surface area contributed by atoms with Gasteiger partial charge in [-0.25, -0.2) is 8.42 Å². The minimum absolute atomic E-state index is 0.106. The molecule has 0 aliphatic carbocycles. The number of sulfonamides is 1. The molecule has 170 valence electrons. The minimum atomic E-state index is -4.48. The van der Waals surface area contributed by atoms with E-state index in [1.165, 1.54) is 0 Å². The van der Waals surface area contributed by atoms with Crippen LogP contribution in [0.3, 0.4) is 0 Å². The number of carbonyl (C=O) groups is 1. The molecule has 1 aromatic heterocycles. The molecule has 0 amide bonds. The van der Waals surface area contributed by atoms with E-state index in [0.29, 0.717) is 22.0 Å². The summed E-state index contributed by atoms with van der Waals surface area (Å²) in [5.74, 6) is -0.730. The molecule has 0 bridgehead atoms. The number of carbonyl (C=O) groups excluding carboxylic acids is 1. The molecule has 0 radical (unpaired) electrons. The highest BCUT2D eigenvalue weighted by atomic mass is 35.5. The molecule has 1 unspecified atom stereocenters. The van der Waals surface area contributed by atoms with Crippen molar-refractivity contribution in [2.24, 2.45) is 0 Å². The van der Waals surface area contributed by atoms with Crippen LogP contribution < -0.4 is 4.72 Å². The second-order valence-electron chi connectivity index (χ2n) is 7.47. The molecule has 0 saturated carbocycles. The van der Waals surface area contributed by atoms with Crippen molar-refractivity contribution in [1.82, 2.24) is 4.98 Å². The van der Waals surface area contributed by atoms with E-state index in [9.17, 15) is 26.4 Å². The van der Waals surface area contributed by atoms with Crippen LogP contribution in [0.1, 0.15) is 51.3 Å². The quantitative estimate of drug-likeness (QED) is 0.437. The summed E-state index contributed by atoms with van der Waals surface area (Å²) in [6.07, 6.45) is -3.43. The van der Waals surface area contributed by atoms with Crippen molar-refractivity contribution < 1.29 is 26.4 Å². The number of rotatable bonds is 6. The predicted octanol–water partition coefficient (Wildman–Crippen LogP) is 5.75. The first-order valence-electron chi connectivity index (χ1n) is 9.45. The van der Waals surface area contributed by atoms with Gasteiger partial charge in [0.1, 0.15) is 0 Å². The molecule has 2 N–H and O–H groups in total. The average Bonchev–Trinajstić information content (AvgIpc) is 3.00. The molecule has 0 saturated heterocycles. The number of ketones is 1. The number of H-pyrrole nitrogens is 1. The summed E-state index contributed by atoms with van der Waals surface area (Å²) < 4.78 is 63.4. The van der Waals surface area contributed by atoms with Gasteiger partial charge in [0.25, 0.3) is 0 Å². The Balaban J connectivity index is 1.88. The lowest BCUT2D eigenvalue weighted by Crippen LogP contribution is -2.09. The van der Waals surface area contributed by atoms with Crippen LogP contribution in [0.5, 0.6) is 0 Å². The fraction of sp³-hybridized carbons (Fsp3) is 0.227. The van der Waals surface area contributed by atoms with Crippen molar-refractivity contribution in [3.63, 3.8) is 0 Å². The molecule has 10 heteroatoms. The third-order valence-corrected chi connectivity index (χ3v) is 6.14. The predicted molar refractivity (Wildman–Crippen MR) is 118 cm³/mol. The van der Waals surface area contributed by atoms with E-state index in [1.807, 2.05) is 6.92 Å². The average molecular weight is 485 g/mol. The SMILES string of the molecule is Cc1c(C(=O)c2ccc(C(F)(F)F)cc2)[nH]c(C(C)c2ccc(NS(C)(=O)=O)cc2)c1Cl. The highest BCUT2D eigenvalue weighted by Crippen LogP contribution is 2.35. The Morgan fingerprint density at radius 2 is 1.62 bits per heavy atom. The fourth-order valence-electron chi connectivity index (χ4n) is 3.30. The van der Waals surface area contributed by atoms with Crippen LogP contribution in [0, 0.1) is 6.92 Å². The Hall–Kier alpha value is -2.78. The Morgan fingerprint density at radius 3 is 2.12 bits per heavy atom. The number of anilines is 1. The van der Waals surface area contributed by atoms with Gasteiger partial charge in [0.15, 0.2) is 0 Å². The van der Waals surface area contributed by atoms with E-state index in [4.69, 9.17) is 11.6 Å². The van der Waals surface area contributed by atoms with Gasteiger partial charge in [-0.1, -0.05) is 42.8 Å². The van der Waals surface area contributed by atoms with Crippen molar-refractivity contribution in [3.05, 3.63) is 87.2 Å². The van der Waals surface area contributed by atoms with Crippen LogP contribution in [0.2, 0.25) is 5.02 Å². The fourth-order valence-corrected chi connectivity index (χ4v) is 4.17. The van der Waals surface area contributed by atoms with Gasteiger partial charge in [-0.3, -0.25) is 9.52 Å². The maximum atomic E-state index is 12.9. The van der Waals surface area contributed by atoms with Gasteiger partial charge in [-0.15, -0.1) is 0 Å². The van der Waals surface area contributed by atoms with Crippen molar-refractivity contribution >= 4 is 33.1 Å². The van der Waals surface area contributed by atoms with E-state index in [1.54, 1.807) is 31.2 Å². The molecule has 0 aliphatic heterocycles. The summed E-state index contributed by atoms with van der Waals surface area (Å²) in [6.45, 7) is 3.52. The minimum Gasteiger partial charge on any atom is -0.354 e. The van der Waals surface area contributed by atoms with Gasteiger partial charge in [0.2, 0.25) is 15.8 Å². The third kappa shape index (κ3) is 5.16. The Labute approximate surface area is 188 Å². The van der Waals surface area contributed by atoms with Crippen LogP contribution >= 0.6 is 11.6 Å². The number of nitrogens with one attached hydrogen (secondary N) is 2. The summed E-state index contributed by atoms with van der Waals surface area (Å²) in [6, 6.07) is 10.7. The van der Waals surface area contributed by atoms with Crippen molar-refractivity contribution in [3.8, 4) is 0 Å². The zero-order valence-electron chi connectivity index (χ0n) is 17.3. The monoisotopic (exact) mass is 484 g/mol. The van der Waals surface area contributed by atoms with Crippen molar-refractivity contribution in [2.75, 3.05) is 11.0 Å². The maximum Gasteiger partial charge on any atom is 0.416 e. The normalized spacial score (nSPS) is 13.1. The number of hydrogen-bond donors (Lipinski definition) is 2. The summed E-state index contributed by atoms with van der Waals surface area (Å²) in [4.78, 5) is 15.9. The molecule has 3 aromatic rings. The molecule has 0 aliphatic rings. The van der Waals surface area contributed by atoms with E-state index in [2.05, 4.69) is 9.71 Å². The van der Waals surface area contributed by atoms with Crippen LogP contribution in [0.25, 0.3) is 0 Å². The Kier molecular flexibility index (Phi) is 6.44. The van der Waals surface area contributed by atoms with Gasteiger partial charge < -0.3 is 4.98 Å². The number of benzene rings is 2. The van der Waals surface area contributed by atoms with E-state index < -0.39 is 27.5 Å². The Morgan fingerprint density at radius 1 is 1.06 bits per heavy atom. The van der Waals surface area contributed by atoms with Gasteiger partial charge in [0.05, 0.1) is 22.5 Å². The van der Waals surface area contributed by atoms with Crippen molar-refractivity contribution in [1.29, 1.82) is 0 Å². The Bertz CT molecular complexity index is 1250. The van der Waals surface area contributed by atoms with Crippen LogP contribution in [0.15, 0.2) is 48.5 Å². The maximum absolute atomic E-state index is 12.9. The summed E-state index contributed by atoms with van der Waals surface area (Å²) in [5, 5.41) is 0.353. The van der Waals surface area contributed by atoms with Gasteiger partial charge in [0, 0.05) is 22.9 Å². The first-order valence-corrected chi connectivity index (χ1v) is 11.7. The molecule has 3 rings (SSSR count). The lowest BCUT2D eigenvalue weighted by molar-refractivity contribution is -0.137. The zero-order chi connectivity index (χ0) is 23.8. The highest BCUT2D eigenvalue weighted by Gasteiger charge is 2.30. The molecule has 0 fully saturated rings. The van der Waals surface area contributed by atoms with Gasteiger partial charge >= 0.3 is 6.18 Å². The lowest BCUT2D eigenvalue weighted by Gasteiger charge is -2.12. The molecule has 5 nitrogen and oxygen atoms in total. The second-order valence-corrected chi connectivity index (χ2v) is 9.60. The largest absolute Gasteiger partial charge is 0.416 e. The number of aromatic nitrogens is 1. The molecule has 1 heterocycles. The number of alkyl halides is 3. The number of aromatic amines is 1. The molecular formula is C22H20ClF3N2O3S. The molecule has 0 spiro atoms. The smallest absolute Gasteiger partial charge is 0.354 e.